The van der Waals surface area contributed by atoms with Gasteiger partial charge in [-0.05, 0) is 19.3 Å². The van der Waals surface area contributed by atoms with Gasteiger partial charge in [0.1, 0.15) is 5.76 Å². The molecule has 0 bridgehead atoms. The first-order valence-electron chi connectivity index (χ1n) is 8.58. The van der Waals surface area contributed by atoms with Crippen LogP contribution in [0.1, 0.15) is 44.3 Å². The summed E-state index contributed by atoms with van der Waals surface area (Å²) < 4.78 is 9.96. The van der Waals surface area contributed by atoms with Crippen molar-refractivity contribution in [3.63, 3.8) is 0 Å². The minimum Gasteiger partial charge on any atom is -0.383 e. The molecule has 0 radical (unpaired) electrons. The lowest BCUT2D eigenvalue weighted by Gasteiger charge is -2.22. The summed E-state index contributed by atoms with van der Waals surface area (Å²) in [5.74, 6) is 1.36. The summed E-state index contributed by atoms with van der Waals surface area (Å²) in [4.78, 5) is 26.1. The van der Waals surface area contributed by atoms with Crippen molar-refractivity contribution in [3.05, 3.63) is 11.8 Å². The van der Waals surface area contributed by atoms with Gasteiger partial charge in [-0.3, -0.25) is 9.59 Å². The minimum absolute atomic E-state index is 0.00122. The Hall–Kier alpha value is -1.89. The Morgan fingerprint density at radius 3 is 2.79 bits per heavy atom. The molecule has 0 atom stereocenters. The molecule has 1 fully saturated rings. The maximum absolute atomic E-state index is 12.5. The van der Waals surface area contributed by atoms with Gasteiger partial charge in [-0.1, -0.05) is 30.8 Å². The highest BCUT2D eigenvalue weighted by Gasteiger charge is 2.21. The molecule has 1 saturated carbocycles. The van der Waals surface area contributed by atoms with Gasteiger partial charge in [0.05, 0.1) is 13.2 Å². The van der Waals surface area contributed by atoms with E-state index in [0.717, 1.165) is 6.42 Å². The van der Waals surface area contributed by atoms with E-state index >= 15 is 0 Å². The lowest BCUT2D eigenvalue weighted by atomic mass is 10.0. The van der Waals surface area contributed by atoms with Crippen molar-refractivity contribution in [2.24, 2.45) is 5.92 Å². The van der Waals surface area contributed by atoms with E-state index in [2.05, 4.69) is 10.5 Å². The third-order valence-electron chi connectivity index (χ3n) is 4.39. The summed E-state index contributed by atoms with van der Waals surface area (Å²) in [7, 11) is 1.58. The van der Waals surface area contributed by atoms with Crippen molar-refractivity contribution in [2.75, 3.05) is 32.1 Å². The standard InChI is InChI=1S/C17H27N3O4/c1-13-11-15(19-24-13)18-16(21)12-20(9-10-23-2)17(22)8-7-14-5-3-4-6-14/h11,14H,3-10,12H2,1-2H3,(H,18,19,21). The van der Waals surface area contributed by atoms with Crippen molar-refractivity contribution >= 4 is 17.6 Å². The number of carbonyl (C=O) groups excluding carboxylic acids is 2. The second-order valence-electron chi connectivity index (χ2n) is 6.37. The molecule has 134 valence electrons. The molecule has 1 aromatic rings. The minimum atomic E-state index is -0.284. The molecule has 0 saturated heterocycles. The number of amides is 2. The summed E-state index contributed by atoms with van der Waals surface area (Å²) in [5.41, 5.74) is 0. The number of rotatable bonds is 9. The molecule has 1 heterocycles. The molecule has 1 aliphatic carbocycles. The fraction of sp³-hybridized carbons (Fsp3) is 0.706. The molecule has 2 rings (SSSR count). The van der Waals surface area contributed by atoms with Crippen molar-refractivity contribution in [2.45, 2.75) is 45.4 Å². The van der Waals surface area contributed by atoms with Crippen LogP contribution in [0.4, 0.5) is 5.82 Å². The van der Waals surface area contributed by atoms with Crippen LogP contribution in [-0.4, -0.2) is 48.7 Å². The zero-order chi connectivity index (χ0) is 17.4. The predicted molar refractivity (Wildman–Crippen MR) is 89.5 cm³/mol. The zero-order valence-corrected chi connectivity index (χ0v) is 14.5. The van der Waals surface area contributed by atoms with Crippen LogP contribution in [0.15, 0.2) is 10.6 Å². The van der Waals surface area contributed by atoms with E-state index in [-0.39, 0.29) is 18.4 Å². The van der Waals surface area contributed by atoms with E-state index in [1.807, 2.05) is 0 Å². The van der Waals surface area contributed by atoms with Gasteiger partial charge in [-0.25, -0.2) is 0 Å². The van der Waals surface area contributed by atoms with Crippen LogP contribution in [0.3, 0.4) is 0 Å². The number of ether oxygens (including phenoxy) is 1. The van der Waals surface area contributed by atoms with Crippen LogP contribution in [0.25, 0.3) is 0 Å². The molecule has 1 aliphatic rings. The van der Waals surface area contributed by atoms with Crippen LogP contribution < -0.4 is 5.32 Å². The van der Waals surface area contributed by atoms with Gasteiger partial charge in [0.25, 0.3) is 0 Å². The fourth-order valence-electron chi connectivity index (χ4n) is 3.06. The third kappa shape index (κ3) is 5.96. The van der Waals surface area contributed by atoms with Gasteiger partial charge in [0, 0.05) is 26.1 Å². The second kappa shape index (κ2) is 9.42. The van der Waals surface area contributed by atoms with E-state index in [4.69, 9.17) is 9.26 Å². The highest BCUT2D eigenvalue weighted by molar-refractivity contribution is 5.93. The zero-order valence-electron chi connectivity index (χ0n) is 14.5. The number of aromatic nitrogens is 1. The number of nitrogens with zero attached hydrogens (tertiary/aromatic N) is 2. The Kier molecular flexibility index (Phi) is 7.24. The number of anilines is 1. The molecule has 24 heavy (non-hydrogen) atoms. The van der Waals surface area contributed by atoms with Gasteiger partial charge in [0.2, 0.25) is 11.8 Å². The maximum Gasteiger partial charge on any atom is 0.245 e. The van der Waals surface area contributed by atoms with E-state index < -0.39 is 0 Å². The van der Waals surface area contributed by atoms with Gasteiger partial charge in [0.15, 0.2) is 5.82 Å². The van der Waals surface area contributed by atoms with Crippen molar-refractivity contribution < 1.29 is 18.8 Å². The van der Waals surface area contributed by atoms with Gasteiger partial charge < -0.3 is 19.5 Å². The van der Waals surface area contributed by atoms with E-state index in [9.17, 15) is 9.59 Å². The van der Waals surface area contributed by atoms with Crippen LogP contribution >= 0.6 is 0 Å². The second-order valence-corrected chi connectivity index (χ2v) is 6.37. The monoisotopic (exact) mass is 337 g/mol. The van der Waals surface area contributed by atoms with Crippen LogP contribution in [0, 0.1) is 12.8 Å². The Balaban J connectivity index is 1.83. The third-order valence-corrected chi connectivity index (χ3v) is 4.39. The largest absolute Gasteiger partial charge is 0.383 e. The lowest BCUT2D eigenvalue weighted by Crippen LogP contribution is -2.40. The molecular weight excluding hydrogens is 310 g/mol. The first-order chi connectivity index (χ1) is 11.6. The summed E-state index contributed by atoms with van der Waals surface area (Å²) in [6, 6.07) is 1.64. The first kappa shape index (κ1) is 18.4. The molecule has 2 amide bonds. The number of hydrogen-bond donors (Lipinski definition) is 1. The topological polar surface area (TPSA) is 84.7 Å². The average molecular weight is 337 g/mol. The fourth-order valence-corrected chi connectivity index (χ4v) is 3.06. The van der Waals surface area contributed by atoms with Crippen LogP contribution in [0.5, 0.6) is 0 Å². The normalized spacial score (nSPS) is 14.8. The maximum atomic E-state index is 12.5. The molecule has 1 aromatic heterocycles. The quantitative estimate of drug-likeness (QED) is 0.748. The molecule has 0 aliphatic heterocycles. The summed E-state index contributed by atoms with van der Waals surface area (Å²) >= 11 is 0. The Labute approximate surface area is 142 Å². The smallest absolute Gasteiger partial charge is 0.245 e. The lowest BCUT2D eigenvalue weighted by molar-refractivity contribution is -0.135. The summed E-state index contributed by atoms with van der Waals surface area (Å²) in [5, 5.41) is 6.37. The van der Waals surface area contributed by atoms with E-state index in [1.54, 1.807) is 25.0 Å². The SMILES string of the molecule is COCCN(CC(=O)Nc1cc(C)on1)C(=O)CCC1CCCC1. The van der Waals surface area contributed by atoms with Crippen LogP contribution in [0.2, 0.25) is 0 Å². The summed E-state index contributed by atoms with van der Waals surface area (Å²) in [6.45, 7) is 2.57. The van der Waals surface area contributed by atoms with Crippen molar-refractivity contribution in [1.29, 1.82) is 0 Å². The molecule has 0 spiro atoms. The average Bonchev–Trinajstić information content (AvgIpc) is 3.20. The molecule has 1 N–H and O–H groups in total. The Bertz CT molecular complexity index is 538. The number of hydrogen-bond acceptors (Lipinski definition) is 5. The molecule has 0 unspecified atom stereocenters. The Morgan fingerprint density at radius 1 is 1.42 bits per heavy atom. The molecule has 7 nitrogen and oxygen atoms in total. The number of nitrogens with one attached hydrogen (secondary N) is 1. The van der Waals surface area contributed by atoms with Crippen molar-refractivity contribution in [1.82, 2.24) is 10.1 Å². The summed E-state index contributed by atoms with van der Waals surface area (Å²) in [6.07, 6.45) is 6.38. The highest BCUT2D eigenvalue weighted by atomic mass is 16.5. The predicted octanol–water partition coefficient (Wildman–Crippen LogP) is 2.37. The first-order valence-corrected chi connectivity index (χ1v) is 8.58. The highest BCUT2D eigenvalue weighted by Crippen LogP contribution is 2.28. The Morgan fingerprint density at radius 2 is 2.17 bits per heavy atom. The number of carbonyl (C=O) groups is 2. The molecule has 0 aromatic carbocycles. The number of methoxy groups -OCH3 is 1. The molecule has 7 heteroatoms. The number of aryl methyl sites for hydroxylation is 1. The van der Waals surface area contributed by atoms with Crippen LogP contribution in [-0.2, 0) is 14.3 Å². The van der Waals surface area contributed by atoms with E-state index in [0.29, 0.717) is 37.1 Å². The molecular formula is C17H27N3O4. The van der Waals surface area contributed by atoms with Gasteiger partial charge in [-0.2, -0.15) is 0 Å². The van der Waals surface area contributed by atoms with E-state index in [1.165, 1.54) is 25.7 Å². The van der Waals surface area contributed by atoms with Gasteiger partial charge in [-0.15, -0.1) is 0 Å². The van der Waals surface area contributed by atoms with Crippen molar-refractivity contribution in [3.8, 4) is 0 Å². The van der Waals surface area contributed by atoms with Gasteiger partial charge >= 0.3 is 0 Å².